The molecule has 1 fully saturated rings. The number of nitrogens with one attached hydrogen (secondary N) is 2. The minimum atomic E-state index is -0.727. The summed E-state index contributed by atoms with van der Waals surface area (Å²) in [6, 6.07) is 17.6. The molecule has 3 heterocycles. The summed E-state index contributed by atoms with van der Waals surface area (Å²) in [6.07, 6.45) is 1.64. The zero-order chi connectivity index (χ0) is 28.1. The van der Waals surface area contributed by atoms with Gasteiger partial charge in [0.15, 0.2) is 0 Å². The molecule has 2 N–H and O–H groups in total. The van der Waals surface area contributed by atoms with E-state index in [0.717, 1.165) is 40.9 Å². The predicted octanol–water partition coefficient (Wildman–Crippen LogP) is 5.43. The van der Waals surface area contributed by atoms with E-state index in [1.807, 2.05) is 32.0 Å². The van der Waals surface area contributed by atoms with Gasteiger partial charge in [-0.3, -0.25) is 4.79 Å². The lowest BCUT2D eigenvalue weighted by atomic mass is 10.0. The third kappa shape index (κ3) is 8.72. The first-order valence-corrected chi connectivity index (χ1v) is 14.0. The SMILES string of the molecule is COC(=O)N[C@H](C(=O)N1C[C@@H]2C[C@H]1c1nc(-c3ccc(-c4ccccc4)cc3)c([nH]1)COCCCCO2)C(C)C.S.S.S. The number of aromatic amines is 1. The molecule has 2 amide bonds. The van der Waals surface area contributed by atoms with Crippen molar-refractivity contribution in [3.63, 3.8) is 0 Å². The van der Waals surface area contributed by atoms with E-state index in [1.165, 1.54) is 7.11 Å². The number of carbonyl (C=O) groups is 2. The fourth-order valence-electron chi connectivity index (χ4n) is 5.41. The molecule has 2 aromatic carbocycles. The maximum absolute atomic E-state index is 13.8. The lowest BCUT2D eigenvalue weighted by Gasteiger charge is -2.29. The third-order valence-electron chi connectivity index (χ3n) is 7.60. The molecular weight excluding hydrogens is 605 g/mol. The summed E-state index contributed by atoms with van der Waals surface area (Å²) in [7, 11) is 1.30. The second-order valence-electron chi connectivity index (χ2n) is 10.7. The average Bonchev–Trinajstić information content (AvgIpc) is 3.60. The fourth-order valence-corrected chi connectivity index (χ4v) is 5.41. The number of hydrogen-bond donors (Lipinski definition) is 2. The number of hydrogen-bond acceptors (Lipinski definition) is 6. The third-order valence-corrected chi connectivity index (χ3v) is 7.60. The van der Waals surface area contributed by atoms with Crippen LogP contribution in [0, 0.1) is 5.92 Å². The van der Waals surface area contributed by atoms with E-state index in [0.29, 0.717) is 38.6 Å². The van der Waals surface area contributed by atoms with E-state index >= 15 is 0 Å². The van der Waals surface area contributed by atoms with Gasteiger partial charge in [0.1, 0.15) is 11.9 Å². The Morgan fingerprint density at radius 3 is 2.30 bits per heavy atom. The average molecular weight is 649 g/mol. The number of ether oxygens (including phenoxy) is 3. The molecule has 2 aliphatic rings. The molecule has 0 saturated carbocycles. The maximum Gasteiger partial charge on any atom is 0.407 e. The van der Waals surface area contributed by atoms with E-state index in [1.54, 1.807) is 4.90 Å². The van der Waals surface area contributed by atoms with Crippen LogP contribution >= 0.6 is 40.5 Å². The van der Waals surface area contributed by atoms with E-state index < -0.39 is 12.1 Å². The summed E-state index contributed by atoms with van der Waals surface area (Å²) in [5.74, 6) is 0.392. The number of amides is 2. The van der Waals surface area contributed by atoms with Gasteiger partial charge in [-0.05, 0) is 29.9 Å². The zero-order valence-electron chi connectivity index (χ0n) is 24.9. The number of rotatable bonds is 5. The summed E-state index contributed by atoms with van der Waals surface area (Å²) >= 11 is 0. The first kappa shape index (κ1) is 36.6. The normalized spacial score (nSPS) is 18.8. The van der Waals surface area contributed by atoms with Crippen LogP contribution in [0.3, 0.4) is 0 Å². The van der Waals surface area contributed by atoms with Crippen molar-refractivity contribution >= 4 is 52.5 Å². The number of benzene rings is 2. The number of imidazole rings is 1. The lowest BCUT2D eigenvalue weighted by molar-refractivity contribution is -0.136. The molecule has 0 radical (unpaired) electrons. The Morgan fingerprint density at radius 2 is 1.63 bits per heavy atom. The van der Waals surface area contributed by atoms with Gasteiger partial charge in [-0.15, -0.1) is 0 Å². The number of carbonyl (C=O) groups excluding carboxylic acids is 2. The van der Waals surface area contributed by atoms with Gasteiger partial charge < -0.3 is 29.4 Å². The molecule has 0 spiro atoms. The molecule has 1 saturated heterocycles. The van der Waals surface area contributed by atoms with Gasteiger partial charge in [0.05, 0.1) is 37.3 Å². The number of H-pyrrole nitrogens is 1. The molecule has 12 heteroatoms. The highest BCUT2D eigenvalue weighted by atomic mass is 32.1. The Balaban J connectivity index is 0.00000215. The van der Waals surface area contributed by atoms with Crippen LogP contribution < -0.4 is 5.32 Å². The van der Waals surface area contributed by atoms with Crippen LogP contribution in [0.4, 0.5) is 4.79 Å². The van der Waals surface area contributed by atoms with Gasteiger partial charge >= 0.3 is 6.09 Å². The van der Waals surface area contributed by atoms with Crippen LogP contribution in [0.15, 0.2) is 54.6 Å². The van der Waals surface area contributed by atoms with Gasteiger partial charge in [0.25, 0.3) is 0 Å². The number of aromatic nitrogens is 2. The Kier molecular flexibility index (Phi) is 14.5. The van der Waals surface area contributed by atoms with Crippen LogP contribution in [0.25, 0.3) is 22.4 Å². The van der Waals surface area contributed by atoms with Gasteiger partial charge in [-0.25, -0.2) is 9.78 Å². The number of alkyl carbamates (subject to hydrolysis) is 1. The van der Waals surface area contributed by atoms with Gasteiger partial charge in [-0.2, -0.15) is 40.5 Å². The number of likely N-dealkylation sites (tertiary alicyclic amines) is 1. The molecule has 9 nitrogen and oxygen atoms in total. The maximum atomic E-state index is 13.8. The highest BCUT2D eigenvalue weighted by molar-refractivity contribution is 7.59. The topological polar surface area (TPSA) is 106 Å². The highest BCUT2D eigenvalue weighted by Gasteiger charge is 2.42. The summed E-state index contributed by atoms with van der Waals surface area (Å²) in [5.41, 5.74) is 4.96. The predicted molar refractivity (Wildman–Crippen MR) is 182 cm³/mol. The first-order chi connectivity index (χ1) is 19.4. The summed E-state index contributed by atoms with van der Waals surface area (Å²) in [4.78, 5) is 36.2. The molecule has 2 aliphatic heterocycles. The largest absolute Gasteiger partial charge is 0.453 e. The Labute approximate surface area is 274 Å². The second kappa shape index (κ2) is 17.0. The zero-order valence-corrected chi connectivity index (χ0v) is 27.9. The Bertz CT molecular complexity index is 1310. The van der Waals surface area contributed by atoms with E-state index in [9.17, 15) is 9.59 Å². The van der Waals surface area contributed by atoms with Gasteiger partial charge in [0.2, 0.25) is 5.91 Å². The van der Waals surface area contributed by atoms with E-state index in [2.05, 4.69) is 46.7 Å². The first-order valence-electron chi connectivity index (χ1n) is 14.0. The van der Waals surface area contributed by atoms with Crippen molar-refractivity contribution in [3.8, 4) is 22.4 Å². The van der Waals surface area contributed by atoms with Gasteiger partial charge in [0, 0.05) is 31.7 Å². The lowest BCUT2D eigenvalue weighted by Crippen LogP contribution is -2.51. The van der Waals surface area contributed by atoms with Crippen LogP contribution in [0.5, 0.6) is 0 Å². The van der Waals surface area contributed by atoms with Crippen molar-refractivity contribution in [2.24, 2.45) is 5.92 Å². The molecule has 43 heavy (non-hydrogen) atoms. The van der Waals surface area contributed by atoms with E-state index in [-0.39, 0.29) is 64.5 Å². The molecule has 236 valence electrons. The highest BCUT2D eigenvalue weighted by Crippen LogP contribution is 2.36. The summed E-state index contributed by atoms with van der Waals surface area (Å²) in [5, 5.41) is 2.72. The minimum absolute atomic E-state index is 0. The summed E-state index contributed by atoms with van der Waals surface area (Å²) < 4.78 is 17.0. The molecule has 4 bridgehead atoms. The number of fused-ring (bicyclic) bond motifs is 5. The Morgan fingerprint density at radius 1 is 0.977 bits per heavy atom. The summed E-state index contributed by atoms with van der Waals surface area (Å²) in [6.45, 7) is 5.89. The van der Waals surface area contributed by atoms with Crippen molar-refractivity contribution in [1.82, 2.24) is 20.2 Å². The Hall–Kier alpha value is -2.64. The molecule has 3 atom stereocenters. The minimum Gasteiger partial charge on any atom is -0.453 e. The van der Waals surface area contributed by atoms with Crippen molar-refractivity contribution in [2.45, 2.75) is 57.9 Å². The van der Waals surface area contributed by atoms with Crippen LogP contribution in [-0.4, -0.2) is 65.9 Å². The molecule has 0 unspecified atom stereocenters. The fraction of sp³-hybridized carbons (Fsp3) is 0.452. The number of methoxy groups -OCH3 is 1. The molecular formula is C31H44N4O5S3. The van der Waals surface area contributed by atoms with Gasteiger partial charge in [-0.1, -0.05) is 68.4 Å². The monoisotopic (exact) mass is 648 g/mol. The quantitative estimate of drug-likeness (QED) is 0.382. The molecule has 1 aromatic heterocycles. The van der Waals surface area contributed by atoms with Crippen molar-refractivity contribution in [3.05, 3.63) is 66.1 Å². The standard InChI is InChI=1S/C31H38N4O5.3H2S/c1-20(2)27(34-31(37)38-3)30(36)35-18-24-17-26(35)29-32-25(19-39-15-7-8-16-40-24)28(33-29)23-13-11-22(12-14-23)21-9-5-4-6-10-21;;;/h4-6,9-14,20,24,26-27H,7-8,15-19H2,1-3H3,(H,32,33)(H,34,37);3*1H2/t24-,26-,27-;;;/m0.../s1. The van der Waals surface area contributed by atoms with E-state index in [4.69, 9.17) is 19.2 Å². The number of nitrogens with zero attached hydrogens (tertiary/aromatic N) is 2. The smallest absolute Gasteiger partial charge is 0.407 e. The molecule has 3 aromatic rings. The molecule has 0 aliphatic carbocycles. The van der Waals surface area contributed by atoms with Crippen molar-refractivity contribution < 1.29 is 23.8 Å². The second-order valence-corrected chi connectivity index (χ2v) is 10.7. The van der Waals surface area contributed by atoms with Crippen LogP contribution in [0.1, 0.15) is 50.7 Å². The van der Waals surface area contributed by atoms with Crippen molar-refractivity contribution in [1.29, 1.82) is 0 Å². The van der Waals surface area contributed by atoms with Crippen LogP contribution in [0.2, 0.25) is 0 Å². The molecule has 5 rings (SSSR count). The van der Waals surface area contributed by atoms with Crippen molar-refractivity contribution in [2.75, 3.05) is 26.9 Å². The van der Waals surface area contributed by atoms with Crippen LogP contribution in [-0.2, 0) is 25.6 Å².